The molecule has 1 heterocycles. The van der Waals surface area contributed by atoms with Gasteiger partial charge in [-0.2, -0.15) is 13.2 Å². The van der Waals surface area contributed by atoms with Gasteiger partial charge >= 0.3 is 6.18 Å². The smallest absolute Gasteiger partial charge is 0.417 e. The number of ether oxygens (including phenoxy) is 3. The molecule has 1 N–H and O–H groups in total. The number of methoxy groups -OCH3 is 1. The molecule has 0 aliphatic carbocycles. The molecule has 2 aromatic carbocycles. The number of carbonyl (C=O) groups is 1. The van der Waals surface area contributed by atoms with Crippen molar-refractivity contribution in [3.8, 4) is 17.4 Å². The monoisotopic (exact) mass is 604 g/mol. The maximum atomic E-state index is 13.0. The lowest BCUT2D eigenvalue weighted by Crippen LogP contribution is -2.31. The van der Waals surface area contributed by atoms with Gasteiger partial charge in [0, 0.05) is 35.5 Å². The van der Waals surface area contributed by atoms with E-state index in [2.05, 4.69) is 4.98 Å². The first-order valence-electron chi connectivity index (χ1n) is 11.0. The van der Waals surface area contributed by atoms with E-state index in [4.69, 9.17) is 37.4 Å². The highest BCUT2D eigenvalue weighted by atomic mass is 35.5. The minimum atomic E-state index is -4.66. The van der Waals surface area contributed by atoms with E-state index in [0.29, 0.717) is 23.0 Å². The summed E-state index contributed by atoms with van der Waals surface area (Å²) in [5, 5.41) is -0.0878. The largest absolute Gasteiger partial charge is 0.491 e. The third-order valence-corrected chi connectivity index (χ3v) is 6.83. The number of hydrogen-bond donors (Lipinski definition) is 1. The SMILES string of the molecule is COCCOc1ccc(/C=C(\C)C(=O)NS(=O)(=O)c2ccc(Cl)cc2)c(Oc2ncc(C(F)(F)F)cc2Cl)c1. The fourth-order valence-corrected chi connectivity index (χ4v) is 4.34. The van der Waals surface area contributed by atoms with Crippen molar-refractivity contribution in [2.24, 2.45) is 0 Å². The fraction of sp³-hybridized carbons (Fsp3) is 0.200. The van der Waals surface area contributed by atoms with Crippen molar-refractivity contribution < 1.29 is 40.6 Å². The zero-order valence-electron chi connectivity index (χ0n) is 20.4. The molecular weight excluding hydrogens is 584 g/mol. The molecule has 1 amide bonds. The number of aromatic nitrogens is 1. The first kappa shape index (κ1) is 30.2. The van der Waals surface area contributed by atoms with Crippen molar-refractivity contribution in [2.45, 2.75) is 18.0 Å². The summed E-state index contributed by atoms with van der Waals surface area (Å²) in [4.78, 5) is 16.2. The Hall–Kier alpha value is -3.32. The maximum Gasteiger partial charge on any atom is 0.417 e. The molecule has 0 saturated carbocycles. The molecule has 0 aliphatic heterocycles. The van der Waals surface area contributed by atoms with Gasteiger partial charge in [0.25, 0.3) is 15.9 Å². The number of hydrogen-bond acceptors (Lipinski definition) is 7. The third-order valence-electron chi connectivity index (χ3n) is 4.96. The van der Waals surface area contributed by atoms with E-state index in [1.807, 2.05) is 4.72 Å². The molecule has 39 heavy (non-hydrogen) atoms. The number of benzene rings is 2. The lowest BCUT2D eigenvalue weighted by atomic mass is 10.1. The van der Waals surface area contributed by atoms with Crippen molar-refractivity contribution in [2.75, 3.05) is 20.3 Å². The highest BCUT2D eigenvalue weighted by Crippen LogP contribution is 2.37. The third kappa shape index (κ3) is 8.33. The van der Waals surface area contributed by atoms with E-state index in [9.17, 15) is 26.4 Å². The van der Waals surface area contributed by atoms with Gasteiger partial charge in [-0.25, -0.2) is 18.1 Å². The Morgan fingerprint density at radius 1 is 1.08 bits per heavy atom. The van der Waals surface area contributed by atoms with E-state index in [0.717, 1.165) is 0 Å². The Bertz CT molecular complexity index is 1480. The first-order valence-corrected chi connectivity index (χ1v) is 13.2. The fourth-order valence-electron chi connectivity index (χ4n) is 2.99. The van der Waals surface area contributed by atoms with Gasteiger partial charge < -0.3 is 14.2 Å². The Labute approximate surface area is 232 Å². The summed E-state index contributed by atoms with van der Waals surface area (Å²) in [6.45, 7) is 1.84. The van der Waals surface area contributed by atoms with E-state index in [1.165, 1.54) is 56.5 Å². The van der Waals surface area contributed by atoms with Crippen LogP contribution in [0.5, 0.6) is 17.4 Å². The van der Waals surface area contributed by atoms with Crippen LogP contribution < -0.4 is 14.2 Å². The summed E-state index contributed by atoms with van der Waals surface area (Å²) < 4.78 is 82.3. The molecule has 0 aliphatic rings. The molecule has 0 spiro atoms. The van der Waals surface area contributed by atoms with Crippen LogP contribution >= 0.6 is 23.2 Å². The zero-order valence-corrected chi connectivity index (χ0v) is 22.7. The second-order valence-electron chi connectivity index (χ2n) is 7.87. The molecule has 1 aromatic heterocycles. The van der Waals surface area contributed by atoms with Gasteiger partial charge in [-0.15, -0.1) is 0 Å². The minimum absolute atomic E-state index is 0.0202. The van der Waals surface area contributed by atoms with Crippen LogP contribution in [0.4, 0.5) is 13.2 Å². The van der Waals surface area contributed by atoms with Crippen LogP contribution in [0.25, 0.3) is 6.08 Å². The van der Waals surface area contributed by atoms with E-state index in [-0.39, 0.29) is 40.9 Å². The van der Waals surface area contributed by atoms with Crippen LogP contribution in [0.3, 0.4) is 0 Å². The molecule has 0 atom stereocenters. The van der Waals surface area contributed by atoms with Gasteiger partial charge in [0.05, 0.1) is 17.1 Å². The predicted octanol–water partition coefficient (Wildman–Crippen LogP) is 6.13. The number of amides is 1. The van der Waals surface area contributed by atoms with Gasteiger partial charge in [-0.1, -0.05) is 23.2 Å². The molecular formula is C25H21Cl2F3N2O6S. The molecule has 14 heteroatoms. The average Bonchev–Trinajstić information content (AvgIpc) is 2.86. The quantitative estimate of drug-likeness (QED) is 0.219. The van der Waals surface area contributed by atoms with Gasteiger partial charge in [-0.05, 0) is 55.5 Å². The molecule has 0 saturated heterocycles. The predicted molar refractivity (Wildman–Crippen MR) is 139 cm³/mol. The van der Waals surface area contributed by atoms with Crippen molar-refractivity contribution in [3.05, 3.63) is 81.5 Å². The number of sulfonamides is 1. The molecule has 0 bridgehead atoms. The molecule has 8 nitrogen and oxygen atoms in total. The topological polar surface area (TPSA) is 104 Å². The minimum Gasteiger partial charge on any atom is -0.491 e. The highest BCUT2D eigenvalue weighted by molar-refractivity contribution is 7.90. The number of pyridine rings is 1. The molecule has 0 radical (unpaired) electrons. The van der Waals surface area contributed by atoms with Gasteiger partial charge in [0.15, 0.2) is 0 Å². The summed E-state index contributed by atoms with van der Waals surface area (Å²) in [7, 11) is -2.70. The first-order chi connectivity index (χ1) is 18.3. The average molecular weight is 605 g/mol. The molecule has 0 fully saturated rings. The van der Waals surface area contributed by atoms with Gasteiger partial charge in [0.1, 0.15) is 23.1 Å². The van der Waals surface area contributed by atoms with Crippen LogP contribution in [0, 0.1) is 0 Å². The summed E-state index contributed by atoms with van der Waals surface area (Å²) in [6, 6.07) is 10.3. The van der Waals surface area contributed by atoms with E-state index >= 15 is 0 Å². The van der Waals surface area contributed by atoms with Crippen LogP contribution in [0.2, 0.25) is 10.0 Å². The highest BCUT2D eigenvalue weighted by Gasteiger charge is 2.32. The van der Waals surface area contributed by atoms with Crippen LogP contribution in [0.15, 0.2) is 65.2 Å². The number of nitrogens with one attached hydrogen (secondary N) is 1. The lowest BCUT2D eigenvalue weighted by molar-refractivity contribution is -0.137. The van der Waals surface area contributed by atoms with E-state index < -0.39 is 32.7 Å². The molecule has 3 aromatic rings. The Kier molecular flexibility index (Phi) is 9.83. The molecule has 0 unspecified atom stereocenters. The molecule has 208 valence electrons. The number of nitrogens with zero attached hydrogens (tertiary/aromatic N) is 1. The summed E-state index contributed by atoms with van der Waals surface area (Å²) in [5.74, 6) is -0.927. The number of halogens is 5. The summed E-state index contributed by atoms with van der Waals surface area (Å²) in [6.07, 6.45) is -2.77. The molecule has 3 rings (SSSR count). The zero-order chi connectivity index (χ0) is 28.8. The van der Waals surface area contributed by atoms with Crippen molar-refractivity contribution >= 4 is 45.2 Å². The standard InChI is InChI=1S/C25H21Cl2F3N2O6S/c1-15(23(33)32-39(34,35)20-7-4-18(26)5-8-20)11-16-3-6-19(37-10-9-36-2)13-22(16)38-24-21(27)12-17(14-31-24)25(28,29)30/h3-8,11-14H,9-10H2,1-2H3,(H,32,33)/b15-11+. The van der Waals surface area contributed by atoms with Crippen LogP contribution in [-0.2, 0) is 25.7 Å². The van der Waals surface area contributed by atoms with Crippen LogP contribution in [-0.4, -0.2) is 39.6 Å². The van der Waals surface area contributed by atoms with E-state index in [1.54, 1.807) is 6.07 Å². The lowest BCUT2D eigenvalue weighted by Gasteiger charge is -2.14. The van der Waals surface area contributed by atoms with Crippen molar-refractivity contribution in [1.82, 2.24) is 9.71 Å². The Balaban J connectivity index is 1.92. The summed E-state index contributed by atoms with van der Waals surface area (Å²) >= 11 is 11.8. The second-order valence-corrected chi connectivity index (χ2v) is 10.4. The summed E-state index contributed by atoms with van der Waals surface area (Å²) in [5.41, 5.74) is -0.841. The van der Waals surface area contributed by atoms with Crippen molar-refractivity contribution in [1.29, 1.82) is 0 Å². The number of carbonyl (C=O) groups excluding carboxylic acids is 1. The van der Waals surface area contributed by atoms with Gasteiger partial charge in [0.2, 0.25) is 5.88 Å². The maximum absolute atomic E-state index is 13.0. The Morgan fingerprint density at radius 2 is 1.77 bits per heavy atom. The second kappa shape index (κ2) is 12.7. The Morgan fingerprint density at radius 3 is 2.38 bits per heavy atom. The number of alkyl halides is 3. The van der Waals surface area contributed by atoms with Crippen LogP contribution in [0.1, 0.15) is 18.1 Å². The van der Waals surface area contributed by atoms with Gasteiger partial charge in [-0.3, -0.25) is 4.79 Å². The normalized spacial score (nSPS) is 12.2. The number of rotatable bonds is 10. The van der Waals surface area contributed by atoms with Crippen molar-refractivity contribution in [3.63, 3.8) is 0 Å².